The largest absolute Gasteiger partial charge is 0.348 e. The number of nitrogens with one attached hydrogen (secondary N) is 1. The molecule has 1 atom stereocenters. The lowest BCUT2D eigenvalue weighted by Gasteiger charge is -2.14. The second-order valence-electron chi connectivity index (χ2n) is 8.28. The molecular weight excluding hydrogens is 495 g/mol. The topological polar surface area (TPSA) is 93.4 Å². The number of nitrogens with zero attached hydrogens (tertiary/aromatic N) is 3. The quantitative estimate of drug-likeness (QED) is 0.429. The van der Waals surface area contributed by atoms with E-state index in [9.17, 15) is 13.2 Å². The van der Waals surface area contributed by atoms with Crippen LogP contribution in [0.15, 0.2) is 54.7 Å². The van der Waals surface area contributed by atoms with Crippen LogP contribution in [0.1, 0.15) is 22.5 Å². The number of aryl methyl sites for hydroxylation is 1. The average molecular weight is 515 g/mol. The van der Waals surface area contributed by atoms with Crippen LogP contribution in [0.3, 0.4) is 0 Å². The number of halogens is 2. The molecule has 0 aliphatic carbocycles. The molecule has 10 heteroatoms. The van der Waals surface area contributed by atoms with Crippen LogP contribution >= 0.6 is 23.2 Å². The zero-order valence-electron chi connectivity index (χ0n) is 18.1. The number of hydrogen-bond acceptors (Lipinski definition) is 5. The van der Waals surface area contributed by atoms with Gasteiger partial charge < -0.3 is 5.32 Å². The van der Waals surface area contributed by atoms with Crippen LogP contribution in [-0.4, -0.2) is 46.5 Å². The lowest BCUT2D eigenvalue weighted by Crippen LogP contribution is -2.35. The molecule has 0 radical (unpaired) electrons. The molecule has 7 nitrogen and oxygen atoms in total. The highest BCUT2D eigenvalue weighted by atomic mass is 35.5. The SMILES string of the molecule is Cc1nn2c(-c3ccc(Cl)cc3)c(-c3ccccc3Cl)cnc2c1C(=O)NC1CCS(=O)(=O)C1. The maximum absolute atomic E-state index is 13.2. The van der Waals surface area contributed by atoms with E-state index < -0.39 is 21.8 Å². The van der Waals surface area contributed by atoms with E-state index in [1.54, 1.807) is 35.8 Å². The van der Waals surface area contributed by atoms with Gasteiger partial charge in [-0.3, -0.25) is 4.79 Å². The number of sulfone groups is 1. The van der Waals surface area contributed by atoms with Crippen molar-refractivity contribution in [3.63, 3.8) is 0 Å². The van der Waals surface area contributed by atoms with Gasteiger partial charge in [-0.25, -0.2) is 17.9 Å². The zero-order chi connectivity index (χ0) is 24.0. The average Bonchev–Trinajstić information content (AvgIpc) is 3.31. The van der Waals surface area contributed by atoms with Gasteiger partial charge in [0, 0.05) is 39.0 Å². The number of fused-ring (bicyclic) bond motifs is 1. The molecule has 5 rings (SSSR count). The minimum Gasteiger partial charge on any atom is -0.348 e. The number of rotatable bonds is 4. The third-order valence-corrected chi connectivity index (χ3v) is 8.24. The number of carbonyl (C=O) groups excluding carboxylic acids is 1. The Labute approximate surface area is 206 Å². The van der Waals surface area contributed by atoms with Crippen molar-refractivity contribution in [1.29, 1.82) is 0 Å². The summed E-state index contributed by atoms with van der Waals surface area (Å²) in [5, 5.41) is 8.65. The molecule has 1 unspecified atom stereocenters. The molecule has 3 heterocycles. The predicted octanol–water partition coefficient (Wildman–Crippen LogP) is 4.60. The van der Waals surface area contributed by atoms with Gasteiger partial charge in [0.1, 0.15) is 5.56 Å². The first-order chi connectivity index (χ1) is 16.2. The first-order valence-corrected chi connectivity index (χ1v) is 13.2. The van der Waals surface area contributed by atoms with Crippen LogP contribution < -0.4 is 5.32 Å². The van der Waals surface area contributed by atoms with Crippen molar-refractivity contribution in [2.75, 3.05) is 11.5 Å². The molecule has 34 heavy (non-hydrogen) atoms. The number of aromatic nitrogens is 3. The van der Waals surface area contributed by atoms with Crippen LogP contribution in [0.4, 0.5) is 0 Å². The summed E-state index contributed by atoms with van der Waals surface area (Å²) in [4.78, 5) is 17.8. The Morgan fingerprint density at radius 3 is 2.50 bits per heavy atom. The summed E-state index contributed by atoms with van der Waals surface area (Å²) in [6.45, 7) is 1.73. The molecule has 1 saturated heterocycles. The van der Waals surface area contributed by atoms with E-state index in [2.05, 4.69) is 15.4 Å². The summed E-state index contributed by atoms with van der Waals surface area (Å²) in [7, 11) is -3.12. The molecule has 1 N–H and O–H groups in total. The third kappa shape index (κ3) is 4.17. The van der Waals surface area contributed by atoms with E-state index in [1.165, 1.54) is 0 Å². The van der Waals surface area contributed by atoms with Gasteiger partial charge in [0.25, 0.3) is 5.91 Å². The molecule has 1 fully saturated rings. The van der Waals surface area contributed by atoms with Crippen molar-refractivity contribution in [3.05, 3.63) is 76.0 Å². The molecule has 4 aromatic rings. The van der Waals surface area contributed by atoms with Gasteiger partial charge in [-0.2, -0.15) is 5.10 Å². The maximum Gasteiger partial charge on any atom is 0.257 e. The molecule has 2 aromatic heterocycles. The van der Waals surface area contributed by atoms with Crippen LogP contribution in [0, 0.1) is 6.92 Å². The summed E-state index contributed by atoms with van der Waals surface area (Å²) >= 11 is 12.6. The number of hydrogen-bond donors (Lipinski definition) is 1. The monoisotopic (exact) mass is 514 g/mol. The second-order valence-corrected chi connectivity index (χ2v) is 11.3. The van der Waals surface area contributed by atoms with Crippen molar-refractivity contribution in [2.45, 2.75) is 19.4 Å². The first kappa shape index (κ1) is 22.8. The number of amides is 1. The fourth-order valence-electron chi connectivity index (χ4n) is 4.29. The van der Waals surface area contributed by atoms with E-state index in [0.29, 0.717) is 39.1 Å². The molecule has 1 aliphatic heterocycles. The van der Waals surface area contributed by atoms with E-state index in [0.717, 1.165) is 16.7 Å². The first-order valence-electron chi connectivity index (χ1n) is 10.6. The Morgan fingerprint density at radius 2 is 1.82 bits per heavy atom. The summed E-state index contributed by atoms with van der Waals surface area (Å²) in [6.07, 6.45) is 2.07. The highest BCUT2D eigenvalue weighted by Gasteiger charge is 2.31. The lowest BCUT2D eigenvalue weighted by atomic mass is 10.0. The molecular formula is C24H20Cl2N4O3S. The molecule has 1 aliphatic rings. The summed E-state index contributed by atoms with van der Waals surface area (Å²) in [6, 6.07) is 14.3. The van der Waals surface area contributed by atoms with E-state index in [-0.39, 0.29) is 11.5 Å². The predicted molar refractivity (Wildman–Crippen MR) is 133 cm³/mol. The molecule has 174 valence electrons. The van der Waals surface area contributed by atoms with Crippen LogP contribution in [0.2, 0.25) is 10.0 Å². The van der Waals surface area contributed by atoms with Gasteiger partial charge in [0.05, 0.1) is 22.9 Å². The van der Waals surface area contributed by atoms with Crippen LogP contribution in [0.25, 0.3) is 28.0 Å². The van der Waals surface area contributed by atoms with Gasteiger partial charge >= 0.3 is 0 Å². The highest BCUT2D eigenvalue weighted by Crippen LogP contribution is 2.37. The van der Waals surface area contributed by atoms with Crippen molar-refractivity contribution < 1.29 is 13.2 Å². The molecule has 0 bridgehead atoms. The Bertz CT molecular complexity index is 1530. The van der Waals surface area contributed by atoms with Crippen LogP contribution in [0.5, 0.6) is 0 Å². The van der Waals surface area contributed by atoms with E-state index in [4.69, 9.17) is 23.2 Å². The zero-order valence-corrected chi connectivity index (χ0v) is 20.5. The number of benzene rings is 2. The second kappa shape index (κ2) is 8.69. The fourth-order valence-corrected chi connectivity index (χ4v) is 6.32. The Kier molecular flexibility index (Phi) is 5.83. The smallest absolute Gasteiger partial charge is 0.257 e. The Balaban J connectivity index is 1.68. The van der Waals surface area contributed by atoms with Gasteiger partial charge in [-0.15, -0.1) is 0 Å². The van der Waals surface area contributed by atoms with Crippen LogP contribution in [-0.2, 0) is 9.84 Å². The lowest BCUT2D eigenvalue weighted by molar-refractivity contribution is 0.0942. The van der Waals surface area contributed by atoms with E-state index >= 15 is 0 Å². The van der Waals surface area contributed by atoms with Gasteiger partial charge in [0.2, 0.25) is 0 Å². The van der Waals surface area contributed by atoms with Gasteiger partial charge in [-0.1, -0.05) is 53.5 Å². The third-order valence-electron chi connectivity index (χ3n) is 5.90. The van der Waals surface area contributed by atoms with Crippen molar-refractivity contribution >= 4 is 44.6 Å². The summed E-state index contributed by atoms with van der Waals surface area (Å²) in [5.74, 6) is -0.377. The molecule has 0 saturated carbocycles. The standard InChI is InChI=1S/C24H20Cl2N4O3S/c1-14-21(24(31)28-17-10-11-34(32,33)13-17)23-27-12-19(18-4-2-3-5-20(18)26)22(30(23)29-14)15-6-8-16(25)9-7-15/h2-9,12,17H,10-11,13H2,1H3,(H,28,31). The molecule has 1 amide bonds. The normalized spacial score (nSPS) is 17.2. The molecule has 0 spiro atoms. The van der Waals surface area contributed by atoms with Gasteiger partial charge in [-0.05, 0) is 31.5 Å². The number of carbonyl (C=O) groups is 1. The van der Waals surface area contributed by atoms with Crippen molar-refractivity contribution in [1.82, 2.24) is 19.9 Å². The van der Waals surface area contributed by atoms with Crippen molar-refractivity contribution in [2.24, 2.45) is 0 Å². The Hall–Kier alpha value is -2.94. The minimum atomic E-state index is -3.12. The Morgan fingerprint density at radius 1 is 1.09 bits per heavy atom. The summed E-state index contributed by atoms with van der Waals surface area (Å²) in [5.41, 5.74) is 4.22. The summed E-state index contributed by atoms with van der Waals surface area (Å²) < 4.78 is 25.3. The van der Waals surface area contributed by atoms with Gasteiger partial charge in [0.15, 0.2) is 15.5 Å². The fraction of sp³-hybridized carbons (Fsp3) is 0.208. The minimum absolute atomic E-state index is 0.0584. The maximum atomic E-state index is 13.2. The highest BCUT2D eigenvalue weighted by molar-refractivity contribution is 7.91. The van der Waals surface area contributed by atoms with Crippen molar-refractivity contribution in [3.8, 4) is 22.4 Å². The van der Waals surface area contributed by atoms with E-state index in [1.807, 2.05) is 30.3 Å². The molecule has 2 aromatic carbocycles.